The highest BCUT2D eigenvalue weighted by Gasteiger charge is 2.34. The van der Waals surface area contributed by atoms with E-state index in [1.54, 1.807) is 24.1 Å². The maximum Gasteiger partial charge on any atom is 0.258 e. The quantitative estimate of drug-likeness (QED) is 0.608. The van der Waals surface area contributed by atoms with Crippen molar-refractivity contribution < 1.29 is 18.8 Å². The third-order valence-electron chi connectivity index (χ3n) is 4.97. The monoisotopic (exact) mass is 393 g/mol. The number of hydrogen-bond acceptors (Lipinski definition) is 6. The second kappa shape index (κ2) is 8.87. The molecule has 0 radical (unpaired) electrons. The van der Waals surface area contributed by atoms with Crippen molar-refractivity contribution in [2.75, 3.05) is 13.7 Å². The smallest absolute Gasteiger partial charge is 0.258 e. The zero-order valence-corrected chi connectivity index (χ0v) is 16.3. The van der Waals surface area contributed by atoms with Gasteiger partial charge < -0.3 is 18.9 Å². The van der Waals surface area contributed by atoms with E-state index in [1.165, 1.54) is 0 Å². The van der Waals surface area contributed by atoms with E-state index in [4.69, 9.17) is 14.0 Å². The molecule has 1 fully saturated rings. The second-order valence-corrected chi connectivity index (χ2v) is 6.88. The summed E-state index contributed by atoms with van der Waals surface area (Å²) in [6.07, 6.45) is 1.69. The molecule has 150 valence electrons. The number of carbonyl (C=O) groups is 1. The van der Waals surface area contributed by atoms with Gasteiger partial charge in [0.1, 0.15) is 12.4 Å². The van der Waals surface area contributed by atoms with Gasteiger partial charge >= 0.3 is 0 Å². The van der Waals surface area contributed by atoms with E-state index in [0.29, 0.717) is 36.2 Å². The van der Waals surface area contributed by atoms with E-state index in [1.807, 2.05) is 42.5 Å². The number of nitrogens with zero attached hydrogens (tertiary/aromatic N) is 3. The summed E-state index contributed by atoms with van der Waals surface area (Å²) >= 11 is 0. The largest absolute Gasteiger partial charge is 0.496 e. The first kappa shape index (κ1) is 19.1. The summed E-state index contributed by atoms with van der Waals surface area (Å²) in [7, 11) is 1.56. The molecule has 1 amide bonds. The van der Waals surface area contributed by atoms with Gasteiger partial charge in [0, 0.05) is 6.54 Å². The number of methoxy groups -OCH3 is 1. The molecule has 4 rings (SSSR count). The molecule has 1 unspecified atom stereocenters. The lowest BCUT2D eigenvalue weighted by molar-refractivity contribution is 0.0724. The van der Waals surface area contributed by atoms with Crippen molar-refractivity contribution in [2.45, 2.75) is 32.1 Å². The molecule has 2 heterocycles. The average molecular weight is 393 g/mol. The summed E-state index contributed by atoms with van der Waals surface area (Å²) in [6, 6.07) is 16.9. The molecule has 7 heteroatoms. The van der Waals surface area contributed by atoms with Crippen LogP contribution in [0.25, 0.3) is 0 Å². The van der Waals surface area contributed by atoms with Crippen LogP contribution in [-0.2, 0) is 18.0 Å². The lowest BCUT2D eigenvalue weighted by Crippen LogP contribution is -2.31. The molecule has 1 atom stereocenters. The van der Waals surface area contributed by atoms with Gasteiger partial charge in [-0.3, -0.25) is 4.79 Å². The van der Waals surface area contributed by atoms with Crippen LogP contribution in [0.1, 0.15) is 46.5 Å². The molecule has 1 aromatic heterocycles. The predicted molar refractivity (Wildman–Crippen MR) is 105 cm³/mol. The zero-order chi connectivity index (χ0) is 20.1. The van der Waals surface area contributed by atoms with Crippen molar-refractivity contribution in [2.24, 2.45) is 0 Å². The molecule has 0 N–H and O–H groups in total. The SMILES string of the molecule is COc1ccccc1C(=O)N1CCCC1c1noc(COCc2ccccc2)n1. The molecule has 0 saturated carbocycles. The van der Waals surface area contributed by atoms with Gasteiger partial charge in [-0.05, 0) is 30.5 Å². The Bertz CT molecular complexity index is 957. The van der Waals surface area contributed by atoms with E-state index in [9.17, 15) is 4.79 Å². The first-order chi connectivity index (χ1) is 14.3. The molecule has 2 aromatic carbocycles. The molecule has 0 bridgehead atoms. The molecule has 29 heavy (non-hydrogen) atoms. The number of hydrogen-bond donors (Lipinski definition) is 0. The summed E-state index contributed by atoms with van der Waals surface area (Å²) < 4.78 is 16.3. The third kappa shape index (κ3) is 4.30. The number of amides is 1. The predicted octanol–water partition coefficient (Wildman–Crippen LogP) is 3.77. The molecule has 1 aliphatic heterocycles. The Balaban J connectivity index is 1.42. The van der Waals surface area contributed by atoms with Crippen molar-refractivity contribution in [3.8, 4) is 5.75 Å². The highest BCUT2D eigenvalue weighted by atomic mass is 16.5. The number of ether oxygens (including phenoxy) is 2. The second-order valence-electron chi connectivity index (χ2n) is 6.88. The van der Waals surface area contributed by atoms with Crippen LogP contribution in [0.3, 0.4) is 0 Å². The van der Waals surface area contributed by atoms with Gasteiger partial charge in [-0.15, -0.1) is 0 Å². The van der Waals surface area contributed by atoms with E-state index in [2.05, 4.69) is 10.1 Å². The molecule has 1 aliphatic rings. The third-order valence-corrected chi connectivity index (χ3v) is 4.97. The first-order valence-corrected chi connectivity index (χ1v) is 9.64. The van der Waals surface area contributed by atoms with Crippen LogP contribution in [0.2, 0.25) is 0 Å². The van der Waals surface area contributed by atoms with E-state index in [-0.39, 0.29) is 18.6 Å². The summed E-state index contributed by atoms with van der Waals surface area (Å²) in [6.45, 7) is 1.35. The maximum absolute atomic E-state index is 13.1. The minimum Gasteiger partial charge on any atom is -0.496 e. The highest BCUT2D eigenvalue weighted by molar-refractivity contribution is 5.97. The van der Waals surface area contributed by atoms with Gasteiger partial charge in [-0.25, -0.2) is 0 Å². The van der Waals surface area contributed by atoms with Crippen molar-refractivity contribution in [1.29, 1.82) is 0 Å². The Kier molecular flexibility index (Phi) is 5.86. The van der Waals surface area contributed by atoms with Crippen LogP contribution in [0, 0.1) is 0 Å². The standard InChI is InChI=1S/C22H23N3O4/c1-27-19-12-6-5-10-17(19)22(26)25-13-7-11-18(25)21-23-20(29-24-21)15-28-14-16-8-3-2-4-9-16/h2-6,8-10,12,18H,7,11,13-15H2,1H3. The van der Waals surface area contributed by atoms with E-state index >= 15 is 0 Å². The van der Waals surface area contributed by atoms with E-state index < -0.39 is 0 Å². The Hall–Kier alpha value is -3.19. The molecular weight excluding hydrogens is 370 g/mol. The van der Waals surface area contributed by atoms with Gasteiger partial charge in [0.05, 0.1) is 25.3 Å². The summed E-state index contributed by atoms with van der Waals surface area (Å²) in [5.41, 5.74) is 1.62. The van der Waals surface area contributed by atoms with Crippen molar-refractivity contribution in [1.82, 2.24) is 15.0 Å². The Morgan fingerprint density at radius 1 is 1.14 bits per heavy atom. The number of carbonyl (C=O) groups excluding carboxylic acids is 1. The van der Waals surface area contributed by atoms with Crippen LogP contribution in [0.4, 0.5) is 0 Å². The van der Waals surface area contributed by atoms with Crippen LogP contribution < -0.4 is 4.74 Å². The van der Waals surface area contributed by atoms with Crippen LogP contribution in [0.15, 0.2) is 59.1 Å². The lowest BCUT2D eigenvalue weighted by atomic mass is 10.1. The molecule has 7 nitrogen and oxygen atoms in total. The molecular formula is C22H23N3O4. The van der Waals surface area contributed by atoms with Crippen LogP contribution in [-0.4, -0.2) is 34.6 Å². The minimum absolute atomic E-state index is 0.0865. The topological polar surface area (TPSA) is 77.7 Å². The summed E-state index contributed by atoms with van der Waals surface area (Å²) in [4.78, 5) is 19.3. The van der Waals surface area contributed by atoms with Gasteiger partial charge in [-0.1, -0.05) is 47.6 Å². The normalized spacial score (nSPS) is 16.2. The Labute approximate surface area is 169 Å². The van der Waals surface area contributed by atoms with Crippen molar-refractivity contribution in [3.05, 3.63) is 77.4 Å². The van der Waals surface area contributed by atoms with Gasteiger partial charge in [0.2, 0.25) is 0 Å². The molecule has 1 saturated heterocycles. The van der Waals surface area contributed by atoms with Crippen molar-refractivity contribution >= 4 is 5.91 Å². The fourth-order valence-electron chi connectivity index (χ4n) is 3.55. The van der Waals surface area contributed by atoms with Crippen molar-refractivity contribution in [3.63, 3.8) is 0 Å². The molecule has 0 spiro atoms. The molecule has 3 aromatic rings. The Morgan fingerprint density at radius 2 is 1.93 bits per heavy atom. The number of likely N-dealkylation sites (tertiary alicyclic amines) is 1. The van der Waals surface area contributed by atoms with Crippen LogP contribution in [0.5, 0.6) is 5.75 Å². The van der Waals surface area contributed by atoms with Gasteiger partial charge in [0.15, 0.2) is 5.82 Å². The number of aromatic nitrogens is 2. The fraction of sp³-hybridized carbons (Fsp3) is 0.318. The molecule has 0 aliphatic carbocycles. The fourth-order valence-corrected chi connectivity index (χ4v) is 3.55. The number of benzene rings is 2. The maximum atomic E-state index is 13.1. The number of para-hydroxylation sites is 1. The van der Waals surface area contributed by atoms with Gasteiger partial charge in [-0.2, -0.15) is 4.98 Å². The first-order valence-electron chi connectivity index (χ1n) is 9.64. The van der Waals surface area contributed by atoms with E-state index in [0.717, 1.165) is 18.4 Å². The average Bonchev–Trinajstić information content (AvgIpc) is 3.43. The Morgan fingerprint density at radius 3 is 2.76 bits per heavy atom. The number of rotatable bonds is 7. The van der Waals surface area contributed by atoms with Gasteiger partial charge in [0.25, 0.3) is 11.8 Å². The minimum atomic E-state index is -0.209. The van der Waals surface area contributed by atoms with Crippen LogP contribution >= 0.6 is 0 Å². The highest BCUT2D eigenvalue weighted by Crippen LogP contribution is 2.33. The summed E-state index contributed by atoms with van der Waals surface area (Å²) in [5.74, 6) is 1.40. The zero-order valence-electron chi connectivity index (χ0n) is 16.3. The lowest BCUT2D eigenvalue weighted by Gasteiger charge is -2.23. The summed E-state index contributed by atoms with van der Waals surface area (Å²) in [5, 5.41) is 4.10.